The van der Waals surface area contributed by atoms with Crippen molar-refractivity contribution in [2.24, 2.45) is 11.3 Å². The predicted octanol–water partition coefficient (Wildman–Crippen LogP) is 0.478. The van der Waals surface area contributed by atoms with Crippen molar-refractivity contribution in [3.05, 3.63) is 51.5 Å². The van der Waals surface area contributed by atoms with Crippen LogP contribution in [0, 0.1) is 11.3 Å². The molecule has 0 aromatic heterocycles. The minimum atomic E-state index is -2.65. The van der Waals surface area contributed by atoms with Crippen LogP contribution in [0.2, 0.25) is 0 Å². The predicted molar refractivity (Wildman–Crippen MR) is 156 cm³/mol. The number of carbonyl (C=O) groups excluding carboxylic acids is 4. The maximum atomic E-state index is 14.4. The second-order valence-electron chi connectivity index (χ2n) is 12.6. The van der Waals surface area contributed by atoms with E-state index in [-0.39, 0.29) is 42.2 Å². The van der Waals surface area contributed by atoms with E-state index in [9.17, 15) is 39.6 Å². The zero-order valence-corrected chi connectivity index (χ0v) is 25.2. The minimum Gasteiger partial charge on any atom is -0.510 e. The minimum absolute atomic E-state index is 0.00553. The van der Waals surface area contributed by atoms with Crippen molar-refractivity contribution in [2.45, 2.75) is 44.9 Å². The van der Waals surface area contributed by atoms with Gasteiger partial charge in [0.05, 0.1) is 11.6 Å². The lowest BCUT2D eigenvalue weighted by Crippen LogP contribution is -2.66. The third-order valence-corrected chi connectivity index (χ3v) is 9.74. The molecule has 1 aromatic carbocycles. The first kappa shape index (κ1) is 30.9. The van der Waals surface area contributed by atoms with Gasteiger partial charge in [-0.3, -0.25) is 29.0 Å². The number of amides is 1. The average molecular weight is 597 g/mol. The van der Waals surface area contributed by atoms with Crippen LogP contribution in [0.5, 0.6) is 5.75 Å². The molecule has 12 heteroatoms. The van der Waals surface area contributed by atoms with Crippen molar-refractivity contribution >= 4 is 23.3 Å². The number of Topliss-reactive ketones (excluding diaryl/α,β-unsaturated/α-hetero) is 3. The summed E-state index contributed by atoms with van der Waals surface area (Å²) in [6.45, 7) is 5.23. The number of rotatable bonds is 6. The quantitative estimate of drug-likeness (QED) is 0.289. The summed E-state index contributed by atoms with van der Waals surface area (Å²) in [5.74, 6) is -5.36. The molecule has 0 radical (unpaired) electrons. The van der Waals surface area contributed by atoms with Gasteiger partial charge in [-0.15, -0.1) is 0 Å². The summed E-state index contributed by atoms with van der Waals surface area (Å²) in [6.07, 6.45) is 0.218. The van der Waals surface area contributed by atoms with E-state index in [1.807, 2.05) is 0 Å². The normalized spacial score (nSPS) is 29.5. The van der Waals surface area contributed by atoms with Crippen LogP contribution in [0.15, 0.2) is 34.8 Å². The number of hydrogen-bond acceptors (Lipinski definition) is 11. The molecule has 43 heavy (non-hydrogen) atoms. The van der Waals surface area contributed by atoms with Crippen molar-refractivity contribution in [2.75, 3.05) is 53.9 Å². The lowest BCUT2D eigenvalue weighted by molar-refractivity contribution is -0.151. The lowest BCUT2D eigenvalue weighted by Gasteiger charge is -2.55. The van der Waals surface area contributed by atoms with Crippen LogP contribution in [-0.2, 0) is 27.3 Å². The van der Waals surface area contributed by atoms with Gasteiger partial charge in [0.2, 0.25) is 11.7 Å². The number of carbonyl (C=O) groups is 4. The largest absolute Gasteiger partial charge is 0.510 e. The van der Waals surface area contributed by atoms with Crippen molar-refractivity contribution in [3.8, 4) is 5.75 Å². The fourth-order valence-electron chi connectivity index (χ4n) is 7.80. The van der Waals surface area contributed by atoms with Crippen molar-refractivity contribution in [1.82, 2.24) is 20.0 Å². The Balaban J connectivity index is 1.75. The molecule has 1 aliphatic heterocycles. The number of aliphatic hydroxyl groups excluding tert-OH is 2. The Bertz CT molecular complexity index is 1470. The zero-order valence-electron chi connectivity index (χ0n) is 25.2. The molecule has 0 unspecified atom stereocenters. The second-order valence-corrected chi connectivity index (χ2v) is 12.6. The molecule has 5 N–H and O–H groups in total. The highest BCUT2D eigenvalue weighted by atomic mass is 16.3. The molecule has 1 heterocycles. The van der Waals surface area contributed by atoms with Gasteiger partial charge in [-0.1, -0.05) is 6.07 Å². The SMILES string of the molecule is CNCc1ccc(O)c2c1C[C@@]1(CN3CCN(C(C)=O)CC3)C[C@H]3[C@H](N(C)C)C(O)=C(C(C)=O)C(=O)[C@@]3(O)C(O)=C1C2=O. The smallest absolute Gasteiger partial charge is 0.219 e. The molecule has 1 aromatic rings. The van der Waals surface area contributed by atoms with Gasteiger partial charge < -0.3 is 30.6 Å². The van der Waals surface area contributed by atoms with Crippen LogP contribution in [0.4, 0.5) is 0 Å². The number of aliphatic hydroxyl groups is 3. The Morgan fingerprint density at radius 1 is 1.07 bits per heavy atom. The Hall–Kier alpha value is -3.58. The van der Waals surface area contributed by atoms with Gasteiger partial charge in [0.15, 0.2) is 17.2 Å². The number of aromatic hydroxyl groups is 1. The molecule has 3 aliphatic carbocycles. The molecule has 0 bridgehead atoms. The van der Waals surface area contributed by atoms with Crippen LogP contribution >= 0.6 is 0 Å². The summed E-state index contributed by atoms with van der Waals surface area (Å²) in [5, 5.41) is 49.4. The van der Waals surface area contributed by atoms with Crippen LogP contribution in [0.25, 0.3) is 0 Å². The Morgan fingerprint density at radius 2 is 1.72 bits per heavy atom. The fraction of sp³-hybridized carbons (Fsp3) is 0.548. The molecule has 4 aliphatic rings. The third-order valence-electron chi connectivity index (χ3n) is 9.74. The number of nitrogens with zero attached hydrogens (tertiary/aromatic N) is 3. The van der Waals surface area contributed by atoms with Crippen LogP contribution in [0.1, 0.15) is 41.8 Å². The number of nitrogens with one attached hydrogen (secondary N) is 1. The summed E-state index contributed by atoms with van der Waals surface area (Å²) in [6, 6.07) is 2.14. The number of hydrogen-bond donors (Lipinski definition) is 5. The number of fused-ring (bicyclic) bond motifs is 3. The van der Waals surface area contributed by atoms with Gasteiger partial charge in [0.1, 0.15) is 22.8 Å². The van der Waals surface area contributed by atoms with Gasteiger partial charge in [-0.2, -0.15) is 0 Å². The molecule has 1 saturated heterocycles. The first-order chi connectivity index (χ1) is 20.2. The Kier molecular flexibility index (Phi) is 7.79. The fourth-order valence-corrected chi connectivity index (χ4v) is 7.80. The highest BCUT2D eigenvalue weighted by Gasteiger charge is 2.66. The molecule has 1 fully saturated rings. The third kappa shape index (κ3) is 4.59. The molecule has 0 spiro atoms. The average Bonchev–Trinajstić information content (AvgIpc) is 2.92. The number of benzene rings is 1. The van der Waals surface area contributed by atoms with E-state index in [0.29, 0.717) is 38.3 Å². The van der Waals surface area contributed by atoms with Crippen molar-refractivity contribution < 1.29 is 39.6 Å². The summed E-state index contributed by atoms with van der Waals surface area (Å²) < 4.78 is 0. The molecular weight excluding hydrogens is 556 g/mol. The second kappa shape index (κ2) is 10.8. The number of ketones is 3. The van der Waals surface area contributed by atoms with Gasteiger partial charge in [-0.05, 0) is 58.1 Å². The molecule has 12 nitrogen and oxygen atoms in total. The maximum absolute atomic E-state index is 14.4. The van der Waals surface area contributed by atoms with Crippen LogP contribution in [0.3, 0.4) is 0 Å². The van der Waals surface area contributed by atoms with Crippen LogP contribution < -0.4 is 5.32 Å². The lowest BCUT2D eigenvalue weighted by atomic mass is 9.52. The molecule has 0 saturated carbocycles. The number of piperazine rings is 1. The topological polar surface area (TPSA) is 171 Å². The zero-order chi connectivity index (χ0) is 31.6. The van der Waals surface area contributed by atoms with E-state index >= 15 is 0 Å². The van der Waals surface area contributed by atoms with Gasteiger partial charge in [0.25, 0.3) is 0 Å². The number of phenolic OH excluding ortho intramolecular Hbond substituents is 1. The van der Waals surface area contributed by atoms with E-state index in [1.165, 1.54) is 13.0 Å². The number of likely N-dealkylation sites (N-methyl/N-ethyl adjacent to an activating group) is 1. The molecule has 1 amide bonds. The van der Waals surface area contributed by atoms with Gasteiger partial charge in [-0.25, -0.2) is 0 Å². The molecule has 4 atom stereocenters. The molecule has 5 rings (SSSR count). The van der Waals surface area contributed by atoms with E-state index in [4.69, 9.17) is 0 Å². The summed E-state index contributed by atoms with van der Waals surface area (Å²) >= 11 is 0. The van der Waals surface area contributed by atoms with E-state index in [1.54, 1.807) is 37.0 Å². The standard InChI is InChI=1S/C31H40N4O8/c1-16(36)22-27(40)25(33(4)5)20-13-30(15-34-8-10-35(11-9-34)17(2)37)12-19-18(14-32-3)6-7-21(38)23(19)26(39)24(30)29(42)31(20,43)28(22)41/h6-7,20,25,32,38,40,42-43H,8-15H2,1-5H3/t20-,25-,30-,31+/m0/s1. The van der Waals surface area contributed by atoms with E-state index in [0.717, 1.165) is 12.5 Å². The van der Waals surface area contributed by atoms with Crippen LogP contribution in [-0.4, -0.2) is 124 Å². The molecule has 232 valence electrons. The monoisotopic (exact) mass is 596 g/mol. The summed E-state index contributed by atoms with van der Waals surface area (Å²) in [5.41, 5.74) is -3.17. The van der Waals surface area contributed by atoms with Gasteiger partial charge >= 0.3 is 0 Å². The van der Waals surface area contributed by atoms with Gasteiger partial charge in [0, 0.05) is 63.1 Å². The molecular formula is C31H40N4O8. The number of phenols is 1. The van der Waals surface area contributed by atoms with E-state index < -0.39 is 57.4 Å². The Morgan fingerprint density at radius 3 is 2.28 bits per heavy atom. The van der Waals surface area contributed by atoms with Crippen molar-refractivity contribution in [1.29, 1.82) is 0 Å². The highest BCUT2D eigenvalue weighted by molar-refractivity contribution is 6.25. The maximum Gasteiger partial charge on any atom is 0.219 e. The summed E-state index contributed by atoms with van der Waals surface area (Å²) in [4.78, 5) is 58.2. The first-order valence-corrected chi connectivity index (χ1v) is 14.5. The highest BCUT2D eigenvalue weighted by Crippen LogP contribution is 2.58. The van der Waals surface area contributed by atoms with Crippen molar-refractivity contribution in [3.63, 3.8) is 0 Å². The van der Waals surface area contributed by atoms with E-state index in [2.05, 4.69) is 10.2 Å². The summed E-state index contributed by atoms with van der Waals surface area (Å²) in [7, 11) is 5.05. The first-order valence-electron chi connectivity index (χ1n) is 14.5. The Labute approximate surface area is 250 Å².